The summed E-state index contributed by atoms with van der Waals surface area (Å²) in [7, 11) is -3.61. The smallest absolute Gasteiger partial charge is 0.243 e. The van der Waals surface area contributed by atoms with Gasteiger partial charge in [-0.1, -0.05) is 19.9 Å². The Kier molecular flexibility index (Phi) is 7.40. The van der Waals surface area contributed by atoms with Gasteiger partial charge in [-0.3, -0.25) is 10.1 Å². The molecule has 0 aliphatic rings. The van der Waals surface area contributed by atoms with Gasteiger partial charge in [-0.05, 0) is 50.6 Å². The molecule has 2 aromatic rings. The van der Waals surface area contributed by atoms with E-state index in [-0.39, 0.29) is 16.8 Å². The molecule has 1 amide bonds. The van der Waals surface area contributed by atoms with Gasteiger partial charge in [-0.2, -0.15) is 4.31 Å². The third-order valence-electron chi connectivity index (χ3n) is 4.64. The minimum absolute atomic E-state index is 0.132. The number of hydrogen-bond donors (Lipinski definition) is 2. The predicted molar refractivity (Wildman–Crippen MR) is 110 cm³/mol. The lowest BCUT2D eigenvalue weighted by molar-refractivity contribution is -0.118. The second-order valence-corrected chi connectivity index (χ2v) is 8.59. The molecule has 0 bridgehead atoms. The number of furan rings is 1. The van der Waals surface area contributed by atoms with E-state index < -0.39 is 16.1 Å². The SMILES string of the molecule is CCN(CC)S(=O)(=O)c1cc(NC(=O)[C@@H](C)N[C@H](C)c2ccco2)ccc1C. The van der Waals surface area contributed by atoms with Crippen LogP contribution in [0, 0.1) is 6.92 Å². The van der Waals surface area contributed by atoms with Crippen LogP contribution in [0.15, 0.2) is 45.9 Å². The zero-order valence-electron chi connectivity index (χ0n) is 17.0. The minimum atomic E-state index is -3.61. The molecule has 2 atom stereocenters. The van der Waals surface area contributed by atoms with Crippen LogP contribution in [0.1, 0.15) is 45.1 Å². The van der Waals surface area contributed by atoms with Gasteiger partial charge in [0, 0.05) is 18.8 Å². The van der Waals surface area contributed by atoms with Crippen molar-refractivity contribution in [2.45, 2.75) is 51.6 Å². The number of rotatable bonds is 9. The van der Waals surface area contributed by atoms with E-state index in [9.17, 15) is 13.2 Å². The van der Waals surface area contributed by atoms with Crippen LogP contribution in [0.25, 0.3) is 0 Å². The molecule has 0 saturated carbocycles. The second-order valence-electron chi connectivity index (χ2n) is 6.68. The number of nitrogens with one attached hydrogen (secondary N) is 2. The molecule has 0 radical (unpaired) electrons. The summed E-state index contributed by atoms with van der Waals surface area (Å²) in [6.45, 7) is 9.78. The first-order valence-corrected chi connectivity index (χ1v) is 10.9. The molecule has 1 heterocycles. The molecular formula is C20H29N3O4S. The van der Waals surface area contributed by atoms with Crippen molar-refractivity contribution in [3.05, 3.63) is 47.9 Å². The van der Waals surface area contributed by atoms with Gasteiger partial charge in [0.1, 0.15) is 5.76 Å². The fourth-order valence-corrected chi connectivity index (χ4v) is 4.69. The van der Waals surface area contributed by atoms with Gasteiger partial charge in [-0.25, -0.2) is 8.42 Å². The average Bonchev–Trinajstić information content (AvgIpc) is 3.18. The monoisotopic (exact) mass is 407 g/mol. The zero-order valence-corrected chi connectivity index (χ0v) is 17.8. The second kappa shape index (κ2) is 9.36. The highest BCUT2D eigenvalue weighted by Gasteiger charge is 2.24. The van der Waals surface area contributed by atoms with Crippen LogP contribution in [0.5, 0.6) is 0 Å². The fraction of sp³-hybridized carbons (Fsp3) is 0.450. The van der Waals surface area contributed by atoms with Crippen molar-refractivity contribution in [1.29, 1.82) is 0 Å². The summed E-state index contributed by atoms with van der Waals surface area (Å²) in [5.41, 5.74) is 1.09. The Balaban J connectivity index is 2.15. The lowest BCUT2D eigenvalue weighted by Gasteiger charge is -2.21. The molecule has 2 rings (SSSR count). The van der Waals surface area contributed by atoms with Gasteiger partial charge >= 0.3 is 0 Å². The van der Waals surface area contributed by atoms with Crippen molar-refractivity contribution in [2.75, 3.05) is 18.4 Å². The van der Waals surface area contributed by atoms with Gasteiger partial charge in [-0.15, -0.1) is 0 Å². The molecule has 2 N–H and O–H groups in total. The Morgan fingerprint density at radius 2 is 1.86 bits per heavy atom. The molecule has 0 spiro atoms. The summed E-state index contributed by atoms with van der Waals surface area (Å²) in [6.07, 6.45) is 1.59. The van der Waals surface area contributed by atoms with Crippen LogP contribution < -0.4 is 10.6 Å². The van der Waals surface area contributed by atoms with E-state index in [0.29, 0.717) is 24.3 Å². The molecule has 7 nitrogen and oxygen atoms in total. The maximum absolute atomic E-state index is 12.9. The maximum atomic E-state index is 12.9. The van der Waals surface area contributed by atoms with E-state index in [0.717, 1.165) is 5.76 Å². The largest absolute Gasteiger partial charge is 0.468 e. The van der Waals surface area contributed by atoms with E-state index in [1.165, 1.54) is 10.4 Å². The lowest BCUT2D eigenvalue weighted by Crippen LogP contribution is -2.39. The quantitative estimate of drug-likeness (QED) is 0.665. The Morgan fingerprint density at radius 1 is 1.18 bits per heavy atom. The first-order valence-electron chi connectivity index (χ1n) is 9.41. The van der Waals surface area contributed by atoms with Gasteiger partial charge in [0.25, 0.3) is 0 Å². The van der Waals surface area contributed by atoms with Crippen molar-refractivity contribution >= 4 is 21.6 Å². The predicted octanol–water partition coefficient (Wildman–Crippen LogP) is 3.30. The van der Waals surface area contributed by atoms with Crippen molar-refractivity contribution in [1.82, 2.24) is 9.62 Å². The standard InChI is InChI=1S/C20H29N3O4S/c1-6-23(7-2)28(25,26)19-13-17(11-10-14(19)3)22-20(24)16(5)21-15(4)18-9-8-12-27-18/h8-13,15-16,21H,6-7H2,1-5H3,(H,22,24)/t15-,16-/m1/s1. The number of benzene rings is 1. The lowest BCUT2D eigenvalue weighted by atomic mass is 10.2. The highest BCUT2D eigenvalue weighted by molar-refractivity contribution is 7.89. The van der Waals surface area contributed by atoms with E-state index in [2.05, 4.69) is 10.6 Å². The summed E-state index contributed by atoms with van der Waals surface area (Å²) >= 11 is 0. The number of hydrogen-bond acceptors (Lipinski definition) is 5. The van der Waals surface area contributed by atoms with E-state index in [1.54, 1.807) is 52.2 Å². The number of sulfonamides is 1. The molecule has 28 heavy (non-hydrogen) atoms. The molecule has 1 aromatic heterocycles. The van der Waals surface area contributed by atoms with Gasteiger partial charge in [0.05, 0.1) is 23.2 Å². The summed E-state index contributed by atoms with van der Waals surface area (Å²) in [4.78, 5) is 12.8. The number of amides is 1. The molecule has 154 valence electrons. The normalized spacial score (nSPS) is 14.1. The van der Waals surface area contributed by atoms with Crippen LogP contribution in [0.4, 0.5) is 5.69 Å². The Labute approximate surface area is 167 Å². The summed E-state index contributed by atoms with van der Waals surface area (Å²) in [6, 6.07) is 7.93. The van der Waals surface area contributed by atoms with E-state index >= 15 is 0 Å². The van der Waals surface area contributed by atoms with Crippen molar-refractivity contribution in [2.24, 2.45) is 0 Å². The molecule has 8 heteroatoms. The van der Waals surface area contributed by atoms with Crippen molar-refractivity contribution < 1.29 is 17.6 Å². The number of aryl methyl sites for hydroxylation is 1. The Bertz CT molecular complexity index is 890. The van der Waals surface area contributed by atoms with Gasteiger partial charge in [0.2, 0.25) is 15.9 Å². The van der Waals surface area contributed by atoms with Gasteiger partial charge in [0.15, 0.2) is 0 Å². The highest BCUT2D eigenvalue weighted by Crippen LogP contribution is 2.24. The van der Waals surface area contributed by atoms with Crippen molar-refractivity contribution in [3.63, 3.8) is 0 Å². The van der Waals surface area contributed by atoms with Crippen molar-refractivity contribution in [3.8, 4) is 0 Å². The molecule has 0 unspecified atom stereocenters. The topological polar surface area (TPSA) is 91.7 Å². The summed E-state index contributed by atoms with van der Waals surface area (Å²) < 4.78 is 32.4. The molecule has 0 fully saturated rings. The van der Waals surface area contributed by atoms with Crippen LogP contribution in [-0.4, -0.2) is 37.8 Å². The summed E-state index contributed by atoms with van der Waals surface area (Å²) in [5, 5.41) is 5.95. The fourth-order valence-electron chi connectivity index (χ4n) is 2.98. The third kappa shape index (κ3) is 5.01. The zero-order chi connectivity index (χ0) is 20.9. The van der Waals surface area contributed by atoms with Crippen LogP contribution >= 0.6 is 0 Å². The highest BCUT2D eigenvalue weighted by atomic mass is 32.2. The third-order valence-corrected chi connectivity index (χ3v) is 6.83. The number of anilines is 1. The first kappa shape index (κ1) is 22.1. The van der Waals surface area contributed by atoms with Crippen LogP contribution in [0.2, 0.25) is 0 Å². The van der Waals surface area contributed by atoms with Crippen LogP contribution in [0.3, 0.4) is 0 Å². The number of nitrogens with zero attached hydrogens (tertiary/aromatic N) is 1. The molecule has 0 aliphatic carbocycles. The minimum Gasteiger partial charge on any atom is -0.468 e. The first-order chi connectivity index (χ1) is 13.2. The summed E-state index contributed by atoms with van der Waals surface area (Å²) in [5.74, 6) is 0.482. The van der Waals surface area contributed by atoms with E-state index in [4.69, 9.17) is 4.42 Å². The van der Waals surface area contributed by atoms with Crippen LogP contribution in [-0.2, 0) is 14.8 Å². The Hall–Kier alpha value is -2.16. The number of carbonyl (C=O) groups is 1. The van der Waals surface area contributed by atoms with Gasteiger partial charge < -0.3 is 9.73 Å². The maximum Gasteiger partial charge on any atom is 0.243 e. The Morgan fingerprint density at radius 3 is 2.43 bits per heavy atom. The molecule has 0 aliphatic heterocycles. The van der Waals surface area contributed by atoms with E-state index in [1.807, 2.05) is 13.0 Å². The molecule has 0 saturated heterocycles. The number of carbonyl (C=O) groups excluding carboxylic acids is 1. The molecular weight excluding hydrogens is 378 g/mol. The molecule has 1 aromatic carbocycles. The average molecular weight is 408 g/mol.